The fraction of sp³-hybridized carbons (Fsp3) is 0.364. The first-order valence-electron chi connectivity index (χ1n) is 4.85. The minimum absolute atomic E-state index is 0.214. The van der Waals surface area contributed by atoms with Gasteiger partial charge in [0.25, 0.3) is 0 Å². The van der Waals surface area contributed by atoms with E-state index in [1.165, 1.54) is 0 Å². The van der Waals surface area contributed by atoms with Gasteiger partial charge >= 0.3 is 0 Å². The third-order valence-electron chi connectivity index (χ3n) is 2.03. The average molecular weight is 224 g/mol. The molecule has 0 aromatic carbocycles. The van der Waals surface area contributed by atoms with Crippen LogP contribution in [0.25, 0.3) is 6.08 Å². The molecule has 0 saturated heterocycles. The van der Waals surface area contributed by atoms with Crippen molar-refractivity contribution in [2.45, 2.75) is 12.7 Å². The van der Waals surface area contributed by atoms with Gasteiger partial charge in [0.1, 0.15) is 0 Å². The maximum absolute atomic E-state index is 10.7. The Balaban J connectivity index is 2.60. The normalized spacial score (nSPS) is 11.4. The van der Waals surface area contributed by atoms with E-state index in [-0.39, 0.29) is 18.6 Å². The number of nitrogens with one attached hydrogen (secondary N) is 1. The highest BCUT2D eigenvalue weighted by Gasteiger charge is 2.01. The highest BCUT2D eigenvalue weighted by molar-refractivity contribution is 5.76. The van der Waals surface area contributed by atoms with Crippen molar-refractivity contribution in [1.82, 2.24) is 4.98 Å². The number of hydrogen-bond donors (Lipinski definition) is 2. The molecule has 0 spiro atoms. The minimum atomic E-state index is -0.372. The van der Waals surface area contributed by atoms with E-state index in [0.717, 1.165) is 11.4 Å². The lowest BCUT2D eigenvalue weighted by molar-refractivity contribution is -0.117. The van der Waals surface area contributed by atoms with Crippen LogP contribution in [-0.2, 0) is 20.7 Å². The first-order valence-corrected chi connectivity index (χ1v) is 4.85. The van der Waals surface area contributed by atoms with Crippen LogP contribution in [-0.4, -0.2) is 31.4 Å². The molecule has 0 saturated carbocycles. The number of primary amides is 1. The number of hydrogen-bond acceptors (Lipinski definition) is 3. The third-order valence-corrected chi connectivity index (χ3v) is 2.03. The van der Waals surface area contributed by atoms with Crippen LogP contribution in [0, 0.1) is 0 Å². The summed E-state index contributed by atoms with van der Waals surface area (Å²) in [6, 6.07) is 3.68. The second kappa shape index (κ2) is 6.09. The summed E-state index contributed by atoms with van der Waals surface area (Å²) in [5.74, 6) is -0.357. The Morgan fingerprint density at radius 1 is 1.50 bits per heavy atom. The molecule has 0 fully saturated rings. The van der Waals surface area contributed by atoms with E-state index in [4.69, 9.17) is 15.2 Å². The van der Waals surface area contributed by atoms with Gasteiger partial charge in [0.05, 0.1) is 6.42 Å². The maximum atomic E-state index is 10.7. The highest BCUT2D eigenvalue weighted by atomic mass is 16.7. The van der Waals surface area contributed by atoms with Gasteiger partial charge in [-0.2, -0.15) is 0 Å². The lowest BCUT2D eigenvalue weighted by atomic mass is 10.3. The highest BCUT2D eigenvalue weighted by Crippen LogP contribution is 2.06. The van der Waals surface area contributed by atoms with E-state index < -0.39 is 0 Å². The Hall–Kier alpha value is -1.59. The number of ether oxygens (including phenoxy) is 2. The standard InChI is InChI=1S/C11H16N2O3/c1-15-11(16-2)6-5-8-3-4-9(13-8)7-10(12)14/h3-6,11,13H,7H2,1-2H3,(H2,12,14)/b6-5-. The Labute approximate surface area is 94.2 Å². The van der Waals surface area contributed by atoms with Gasteiger partial charge in [-0.05, 0) is 24.3 Å². The molecule has 0 aliphatic carbocycles. The summed E-state index contributed by atoms with van der Waals surface area (Å²) >= 11 is 0. The van der Waals surface area contributed by atoms with Gasteiger partial charge in [0.2, 0.25) is 5.91 Å². The fourth-order valence-electron chi connectivity index (χ4n) is 1.28. The molecule has 0 unspecified atom stereocenters. The molecule has 0 aliphatic heterocycles. The van der Waals surface area contributed by atoms with Gasteiger partial charge in [0, 0.05) is 25.6 Å². The molecule has 16 heavy (non-hydrogen) atoms. The van der Waals surface area contributed by atoms with Gasteiger partial charge in [-0.15, -0.1) is 0 Å². The number of H-pyrrole nitrogens is 1. The lowest BCUT2D eigenvalue weighted by Gasteiger charge is -2.06. The summed E-state index contributed by atoms with van der Waals surface area (Å²) in [4.78, 5) is 13.7. The largest absolute Gasteiger partial charge is 0.369 e. The van der Waals surface area contributed by atoms with Crippen LogP contribution in [0.2, 0.25) is 0 Å². The lowest BCUT2D eigenvalue weighted by Crippen LogP contribution is -2.13. The van der Waals surface area contributed by atoms with E-state index in [2.05, 4.69) is 4.98 Å². The first-order chi connectivity index (χ1) is 7.65. The summed E-state index contributed by atoms with van der Waals surface area (Å²) in [6.45, 7) is 0. The Morgan fingerprint density at radius 2 is 2.19 bits per heavy atom. The van der Waals surface area contributed by atoms with Crippen molar-refractivity contribution in [2.24, 2.45) is 5.73 Å². The van der Waals surface area contributed by atoms with Crippen molar-refractivity contribution >= 4 is 12.0 Å². The predicted molar refractivity (Wildman–Crippen MR) is 60.5 cm³/mol. The quantitative estimate of drug-likeness (QED) is 0.697. The minimum Gasteiger partial charge on any atom is -0.369 e. The molecule has 1 heterocycles. The van der Waals surface area contributed by atoms with Crippen LogP contribution in [0.5, 0.6) is 0 Å². The van der Waals surface area contributed by atoms with Crippen molar-refractivity contribution < 1.29 is 14.3 Å². The van der Waals surface area contributed by atoms with Gasteiger partial charge < -0.3 is 20.2 Å². The molecule has 88 valence electrons. The van der Waals surface area contributed by atoms with Crippen LogP contribution in [0.1, 0.15) is 11.4 Å². The van der Waals surface area contributed by atoms with Crippen LogP contribution in [0.4, 0.5) is 0 Å². The van der Waals surface area contributed by atoms with Crippen molar-refractivity contribution in [1.29, 1.82) is 0 Å². The maximum Gasteiger partial charge on any atom is 0.223 e. The van der Waals surface area contributed by atoms with Crippen molar-refractivity contribution in [3.63, 3.8) is 0 Å². The molecule has 0 aliphatic rings. The summed E-state index contributed by atoms with van der Waals surface area (Å²) in [5, 5.41) is 0. The van der Waals surface area contributed by atoms with E-state index in [1.807, 2.05) is 18.2 Å². The molecule has 0 atom stereocenters. The molecule has 1 amide bonds. The summed E-state index contributed by atoms with van der Waals surface area (Å²) in [7, 11) is 3.12. The zero-order chi connectivity index (χ0) is 12.0. The number of aromatic nitrogens is 1. The van der Waals surface area contributed by atoms with Gasteiger partial charge in [-0.25, -0.2) is 0 Å². The number of carbonyl (C=O) groups is 1. The average Bonchev–Trinajstić information content (AvgIpc) is 2.66. The predicted octanol–water partition coefficient (Wildman–Crippen LogP) is 0.675. The zero-order valence-corrected chi connectivity index (χ0v) is 9.40. The number of rotatable bonds is 6. The van der Waals surface area contributed by atoms with Crippen LogP contribution in [0.3, 0.4) is 0 Å². The molecule has 0 radical (unpaired) electrons. The fourth-order valence-corrected chi connectivity index (χ4v) is 1.28. The molecule has 1 aromatic rings. The molecule has 3 N–H and O–H groups in total. The molecule has 5 heteroatoms. The number of amides is 1. The van der Waals surface area contributed by atoms with Gasteiger partial charge in [-0.1, -0.05) is 0 Å². The second-order valence-electron chi connectivity index (χ2n) is 3.28. The number of aromatic amines is 1. The molecule has 1 aromatic heterocycles. The molecular weight excluding hydrogens is 208 g/mol. The monoisotopic (exact) mass is 224 g/mol. The number of carbonyl (C=O) groups excluding carboxylic acids is 1. The molecular formula is C11H16N2O3. The smallest absolute Gasteiger partial charge is 0.223 e. The van der Waals surface area contributed by atoms with Crippen LogP contribution in [0.15, 0.2) is 18.2 Å². The summed E-state index contributed by atoms with van der Waals surface area (Å²) in [6.07, 6.45) is 3.43. The topological polar surface area (TPSA) is 77.3 Å². The van der Waals surface area contributed by atoms with Crippen molar-refractivity contribution in [3.8, 4) is 0 Å². The Morgan fingerprint density at radius 3 is 2.75 bits per heavy atom. The van der Waals surface area contributed by atoms with E-state index in [1.54, 1.807) is 20.3 Å². The molecule has 5 nitrogen and oxygen atoms in total. The first kappa shape index (κ1) is 12.5. The summed E-state index contributed by atoms with van der Waals surface area (Å²) in [5.41, 5.74) is 6.74. The zero-order valence-electron chi connectivity index (χ0n) is 9.40. The number of methoxy groups -OCH3 is 2. The van der Waals surface area contributed by atoms with Crippen molar-refractivity contribution in [2.75, 3.05) is 14.2 Å². The van der Waals surface area contributed by atoms with Crippen LogP contribution >= 0.6 is 0 Å². The van der Waals surface area contributed by atoms with E-state index in [0.29, 0.717) is 0 Å². The van der Waals surface area contributed by atoms with Crippen molar-refractivity contribution in [3.05, 3.63) is 29.6 Å². The SMILES string of the molecule is COC(/C=C\c1ccc(CC(N)=O)[nH]1)OC. The molecule has 1 rings (SSSR count). The van der Waals surface area contributed by atoms with E-state index in [9.17, 15) is 4.79 Å². The second-order valence-corrected chi connectivity index (χ2v) is 3.28. The summed E-state index contributed by atoms with van der Waals surface area (Å²) < 4.78 is 9.99. The van der Waals surface area contributed by atoms with Gasteiger partial charge in [-0.3, -0.25) is 4.79 Å². The van der Waals surface area contributed by atoms with Crippen LogP contribution < -0.4 is 5.73 Å². The van der Waals surface area contributed by atoms with Gasteiger partial charge in [0.15, 0.2) is 6.29 Å². The third kappa shape index (κ3) is 3.88. The Bertz CT molecular complexity index is 367. The molecule has 0 bridgehead atoms. The van der Waals surface area contributed by atoms with E-state index >= 15 is 0 Å². The Kier molecular flexibility index (Phi) is 4.75. The number of nitrogens with two attached hydrogens (primary N) is 1.